The lowest BCUT2D eigenvalue weighted by molar-refractivity contribution is -0.135. The zero-order valence-corrected chi connectivity index (χ0v) is 21.0. The summed E-state index contributed by atoms with van der Waals surface area (Å²) in [6, 6.07) is 4.24. The van der Waals surface area contributed by atoms with Crippen molar-refractivity contribution in [2.45, 2.75) is 45.7 Å². The molecule has 2 heterocycles. The number of carbonyl (C=O) groups excluding carboxylic acids is 4. The fourth-order valence-electron chi connectivity index (χ4n) is 3.66. The van der Waals surface area contributed by atoms with E-state index in [9.17, 15) is 19.2 Å². The van der Waals surface area contributed by atoms with Crippen LogP contribution >= 0.6 is 11.3 Å². The molecular weight excluding hydrogens is 472 g/mol. The number of ketones is 1. The van der Waals surface area contributed by atoms with Gasteiger partial charge in [0.1, 0.15) is 30.1 Å². The van der Waals surface area contributed by atoms with Crippen molar-refractivity contribution in [3.8, 4) is 5.75 Å². The van der Waals surface area contributed by atoms with E-state index < -0.39 is 29.9 Å². The number of aromatic nitrogens is 1. The summed E-state index contributed by atoms with van der Waals surface area (Å²) < 4.78 is 10.5. The minimum atomic E-state index is -1.04. The number of carbonyl (C=O) groups is 4. The maximum Gasteiger partial charge on any atom is 0.325 e. The number of Topliss-reactive ketones (excluding diaryl/α,β-unsaturated/α-hetero) is 1. The smallest absolute Gasteiger partial charge is 0.325 e. The van der Waals surface area contributed by atoms with Gasteiger partial charge < -0.3 is 20.1 Å². The second-order valence-corrected chi connectivity index (χ2v) is 8.99. The molecule has 10 nitrogen and oxygen atoms in total. The number of urea groups is 1. The van der Waals surface area contributed by atoms with Crippen LogP contribution in [0.5, 0.6) is 5.75 Å². The summed E-state index contributed by atoms with van der Waals surface area (Å²) in [5, 5.41) is 7.18. The van der Waals surface area contributed by atoms with Crippen molar-refractivity contribution in [1.29, 1.82) is 0 Å². The highest BCUT2D eigenvalue weighted by Crippen LogP contribution is 2.29. The van der Waals surface area contributed by atoms with Crippen LogP contribution in [0.3, 0.4) is 0 Å². The van der Waals surface area contributed by atoms with Gasteiger partial charge in [-0.2, -0.15) is 0 Å². The summed E-state index contributed by atoms with van der Waals surface area (Å²) in [6.45, 7) is 6.25. The van der Waals surface area contributed by atoms with E-state index in [0.29, 0.717) is 37.4 Å². The summed E-state index contributed by atoms with van der Waals surface area (Å²) in [6.07, 6.45) is 0.863. The van der Waals surface area contributed by atoms with Crippen LogP contribution in [0.25, 0.3) is 0 Å². The maximum atomic E-state index is 13.3. The van der Waals surface area contributed by atoms with Gasteiger partial charge in [-0.1, -0.05) is 39.3 Å². The van der Waals surface area contributed by atoms with Crippen LogP contribution < -0.4 is 15.4 Å². The van der Waals surface area contributed by atoms with Crippen LogP contribution in [0.15, 0.2) is 29.6 Å². The van der Waals surface area contributed by atoms with E-state index in [2.05, 4.69) is 15.6 Å². The van der Waals surface area contributed by atoms with Crippen molar-refractivity contribution >= 4 is 40.1 Å². The first-order chi connectivity index (χ1) is 16.8. The van der Waals surface area contributed by atoms with Crippen LogP contribution in [0.2, 0.25) is 0 Å². The van der Waals surface area contributed by atoms with Crippen molar-refractivity contribution in [2.75, 3.05) is 25.6 Å². The predicted octanol–water partition coefficient (Wildman–Crippen LogP) is 3.41. The lowest BCUT2D eigenvalue weighted by Crippen LogP contribution is -2.51. The number of hydrogen-bond donors (Lipinski definition) is 2. The Morgan fingerprint density at radius 1 is 1.20 bits per heavy atom. The third-order valence-electron chi connectivity index (χ3n) is 5.81. The largest absolute Gasteiger partial charge is 0.491 e. The van der Waals surface area contributed by atoms with E-state index in [1.54, 1.807) is 50.6 Å². The quantitative estimate of drug-likeness (QED) is 0.259. The molecular formula is C24H30N4O6S. The van der Waals surface area contributed by atoms with Crippen LogP contribution in [-0.2, 0) is 14.3 Å². The first-order valence-electron chi connectivity index (χ1n) is 11.5. The van der Waals surface area contributed by atoms with Crippen molar-refractivity contribution < 1.29 is 28.7 Å². The highest BCUT2D eigenvalue weighted by Gasteiger charge is 2.47. The minimum Gasteiger partial charge on any atom is -0.491 e. The van der Waals surface area contributed by atoms with Gasteiger partial charge in [0.05, 0.1) is 6.61 Å². The fourth-order valence-corrected chi connectivity index (χ4v) is 4.37. The number of anilines is 1. The standard InChI is InChI=1S/C24H30N4O6S/c1-5-14(3)20(21(30)27-23-25-17(13-35-23)18(29)6-2)28-22(31)19(26-24(28)32)15-7-9-16(10-8-15)34-12-11-33-4/h7-10,13-14,19-20H,5-6,11-12H2,1-4H3,(H,26,32)(H,25,27,30)/t14-,19?,20-/m0/s1. The Labute approximate surface area is 208 Å². The molecule has 2 N–H and O–H groups in total. The number of thiazole rings is 1. The van der Waals surface area contributed by atoms with Crippen LogP contribution in [0.1, 0.15) is 55.7 Å². The molecule has 1 aromatic carbocycles. The molecule has 11 heteroatoms. The Morgan fingerprint density at radius 3 is 2.54 bits per heavy atom. The first-order valence-corrected chi connectivity index (χ1v) is 12.3. The molecule has 0 aliphatic carbocycles. The van der Waals surface area contributed by atoms with Crippen molar-refractivity contribution in [3.63, 3.8) is 0 Å². The summed E-state index contributed by atoms with van der Waals surface area (Å²) in [5.74, 6) is -0.871. The topological polar surface area (TPSA) is 127 Å². The molecule has 1 aromatic heterocycles. The van der Waals surface area contributed by atoms with Gasteiger partial charge in [0.2, 0.25) is 5.91 Å². The Hall–Kier alpha value is -3.31. The molecule has 0 radical (unpaired) electrons. The molecule has 2 aromatic rings. The monoisotopic (exact) mass is 502 g/mol. The summed E-state index contributed by atoms with van der Waals surface area (Å²) in [4.78, 5) is 56.4. The van der Waals surface area contributed by atoms with E-state index in [0.717, 1.165) is 16.2 Å². The maximum absolute atomic E-state index is 13.3. The third-order valence-corrected chi connectivity index (χ3v) is 6.57. The highest BCUT2D eigenvalue weighted by molar-refractivity contribution is 7.14. The van der Waals surface area contributed by atoms with Gasteiger partial charge >= 0.3 is 6.03 Å². The fraction of sp³-hybridized carbons (Fsp3) is 0.458. The Bertz CT molecular complexity index is 1070. The predicted molar refractivity (Wildman–Crippen MR) is 131 cm³/mol. The van der Waals surface area contributed by atoms with Gasteiger partial charge in [-0.3, -0.25) is 14.4 Å². The van der Waals surface area contributed by atoms with Crippen LogP contribution in [-0.4, -0.2) is 59.9 Å². The van der Waals surface area contributed by atoms with E-state index >= 15 is 0 Å². The molecule has 1 fully saturated rings. The molecule has 1 aliphatic heterocycles. The van der Waals surface area contributed by atoms with Crippen molar-refractivity contribution in [3.05, 3.63) is 40.9 Å². The van der Waals surface area contributed by atoms with Crippen molar-refractivity contribution in [1.82, 2.24) is 15.2 Å². The van der Waals surface area contributed by atoms with Gasteiger partial charge in [0.25, 0.3) is 5.91 Å². The van der Waals surface area contributed by atoms with Gasteiger partial charge in [-0.15, -0.1) is 11.3 Å². The zero-order valence-electron chi connectivity index (χ0n) is 20.2. The first kappa shape index (κ1) is 26.3. The molecule has 35 heavy (non-hydrogen) atoms. The van der Waals surface area contributed by atoms with Gasteiger partial charge in [0, 0.05) is 18.9 Å². The SMILES string of the molecule is CCC(=O)c1csc(NC(=O)[C@H]([C@@H](C)CC)N2C(=O)NC(c3ccc(OCCOC)cc3)C2=O)n1. The number of ether oxygens (including phenoxy) is 2. The minimum absolute atomic E-state index is 0.132. The number of nitrogens with zero attached hydrogens (tertiary/aromatic N) is 2. The second kappa shape index (κ2) is 11.9. The molecule has 3 rings (SSSR count). The number of rotatable bonds is 12. The Kier molecular flexibility index (Phi) is 8.94. The van der Waals surface area contributed by atoms with Gasteiger partial charge in [0.15, 0.2) is 10.9 Å². The number of hydrogen-bond acceptors (Lipinski definition) is 8. The number of amides is 4. The zero-order chi connectivity index (χ0) is 25.5. The third kappa shape index (κ3) is 6.04. The van der Waals surface area contributed by atoms with E-state index in [1.165, 1.54) is 0 Å². The van der Waals surface area contributed by atoms with E-state index in [-0.39, 0.29) is 22.5 Å². The average Bonchev–Trinajstić information content (AvgIpc) is 3.44. The molecule has 0 saturated carbocycles. The number of imide groups is 1. The molecule has 0 spiro atoms. The summed E-state index contributed by atoms with van der Waals surface area (Å²) in [7, 11) is 1.58. The lowest BCUT2D eigenvalue weighted by atomic mass is 9.96. The van der Waals surface area contributed by atoms with Crippen LogP contribution in [0, 0.1) is 5.92 Å². The van der Waals surface area contributed by atoms with E-state index in [4.69, 9.17) is 9.47 Å². The lowest BCUT2D eigenvalue weighted by Gasteiger charge is -2.28. The number of nitrogens with one attached hydrogen (secondary N) is 2. The molecule has 4 amide bonds. The summed E-state index contributed by atoms with van der Waals surface area (Å²) in [5.41, 5.74) is 0.855. The normalized spacial score (nSPS) is 17.1. The Balaban J connectivity index is 1.77. The summed E-state index contributed by atoms with van der Waals surface area (Å²) >= 11 is 1.12. The second-order valence-electron chi connectivity index (χ2n) is 8.14. The van der Waals surface area contributed by atoms with Crippen molar-refractivity contribution in [2.24, 2.45) is 5.92 Å². The van der Waals surface area contributed by atoms with E-state index in [1.807, 2.05) is 6.92 Å². The number of methoxy groups -OCH3 is 1. The molecule has 188 valence electrons. The number of benzene rings is 1. The molecule has 1 aliphatic rings. The van der Waals surface area contributed by atoms with Crippen LogP contribution in [0.4, 0.5) is 9.93 Å². The highest BCUT2D eigenvalue weighted by atomic mass is 32.1. The average molecular weight is 503 g/mol. The molecule has 0 bridgehead atoms. The molecule has 1 saturated heterocycles. The Morgan fingerprint density at radius 2 is 1.91 bits per heavy atom. The molecule has 1 unspecified atom stereocenters. The van der Waals surface area contributed by atoms with Gasteiger partial charge in [-0.25, -0.2) is 14.7 Å². The molecule has 3 atom stereocenters. The van der Waals surface area contributed by atoms with Gasteiger partial charge in [-0.05, 0) is 23.6 Å².